The average Bonchev–Trinajstić information content (AvgIpc) is 3.22. The number of anilines is 1. The Morgan fingerprint density at radius 3 is 2.70 bits per heavy atom. The lowest BCUT2D eigenvalue weighted by atomic mass is 10.2. The molecule has 1 saturated heterocycles. The Morgan fingerprint density at radius 1 is 1.26 bits per heavy atom. The van der Waals surface area contributed by atoms with Crippen LogP contribution in [0, 0.1) is 0 Å². The quantitative estimate of drug-likeness (QED) is 0.746. The first-order valence-electron chi connectivity index (χ1n) is 8.78. The molecule has 1 fully saturated rings. The van der Waals surface area contributed by atoms with Crippen molar-refractivity contribution in [2.24, 2.45) is 0 Å². The highest BCUT2D eigenvalue weighted by molar-refractivity contribution is 8.03. The molecule has 6 nitrogen and oxygen atoms in total. The summed E-state index contributed by atoms with van der Waals surface area (Å²) in [6.07, 6.45) is 7.18. The van der Waals surface area contributed by atoms with Crippen molar-refractivity contribution in [3.63, 3.8) is 0 Å². The Balaban J connectivity index is 1.91. The molecule has 1 N–H and O–H groups in total. The van der Waals surface area contributed by atoms with Gasteiger partial charge in [-0.2, -0.15) is 4.68 Å². The number of hydrogen-bond acceptors (Lipinski definition) is 5. The summed E-state index contributed by atoms with van der Waals surface area (Å²) in [5, 5.41) is 0.478. The summed E-state index contributed by atoms with van der Waals surface area (Å²) in [5.74, 6) is 0.362. The van der Waals surface area contributed by atoms with Gasteiger partial charge in [0.15, 0.2) is 0 Å². The maximum atomic E-state index is 13.0. The third kappa shape index (κ3) is 4.31. The molecule has 0 saturated carbocycles. The van der Waals surface area contributed by atoms with E-state index in [1.54, 1.807) is 30.4 Å². The van der Waals surface area contributed by atoms with Crippen LogP contribution in [0.4, 0.5) is 5.95 Å². The molecule has 0 radical (unpaired) electrons. The highest BCUT2D eigenvalue weighted by Crippen LogP contribution is 2.20. The Morgan fingerprint density at radius 2 is 2.00 bits per heavy atom. The molecule has 1 aliphatic heterocycles. The first-order valence-corrected chi connectivity index (χ1v) is 9.77. The molecule has 1 aromatic carbocycles. The lowest BCUT2D eigenvalue weighted by molar-refractivity contribution is -0.114. The fraction of sp³-hybridized carbons (Fsp3) is 0.250. The van der Waals surface area contributed by atoms with Gasteiger partial charge in [0.05, 0.1) is 16.7 Å². The second kappa shape index (κ2) is 8.73. The number of nitrogens with one attached hydrogen (secondary N) is 1. The molecule has 2 aromatic rings. The number of hydrogen-bond donors (Lipinski definition) is 1. The second-order valence-electron chi connectivity index (χ2n) is 6.10. The van der Waals surface area contributed by atoms with Gasteiger partial charge in [-0.15, -0.1) is 11.8 Å². The van der Waals surface area contributed by atoms with E-state index in [9.17, 15) is 9.59 Å². The number of amides is 1. The maximum Gasteiger partial charge on any atom is 0.281 e. The van der Waals surface area contributed by atoms with Crippen LogP contribution in [0.1, 0.15) is 12.8 Å². The summed E-state index contributed by atoms with van der Waals surface area (Å²) in [5.41, 5.74) is 3.08. The van der Waals surface area contributed by atoms with Crippen LogP contribution in [0.3, 0.4) is 0 Å². The number of aromatic nitrogens is 2. The number of fused-ring (bicyclic) bond motifs is 1. The minimum absolute atomic E-state index is 0.157. The lowest BCUT2D eigenvalue weighted by Gasteiger charge is -2.22. The predicted molar refractivity (Wildman–Crippen MR) is 113 cm³/mol. The molecule has 140 valence electrons. The van der Waals surface area contributed by atoms with Crippen molar-refractivity contribution in [2.75, 3.05) is 29.2 Å². The molecule has 27 heavy (non-hydrogen) atoms. The molecule has 0 atom stereocenters. The standard InChI is InChI=1S/C20H22N4O2S/c1-3-9-15(4-2)27-14-18(25)22-24-19(26)16-10-5-6-11-17(16)21-20(24)23-12-7-8-13-23/h3-6,9-11H,1-2,7-8,12-14H2,(H,22,25)/b15-9+. The molecule has 0 aliphatic carbocycles. The highest BCUT2D eigenvalue weighted by atomic mass is 32.2. The first kappa shape index (κ1) is 19.0. The molecule has 2 heterocycles. The van der Waals surface area contributed by atoms with Gasteiger partial charge in [0.25, 0.3) is 5.56 Å². The Kier molecular flexibility index (Phi) is 6.13. The van der Waals surface area contributed by atoms with Crippen molar-refractivity contribution >= 4 is 34.5 Å². The van der Waals surface area contributed by atoms with Gasteiger partial charge < -0.3 is 4.90 Å². The largest absolute Gasteiger partial charge is 0.341 e. The van der Waals surface area contributed by atoms with Crippen LogP contribution in [-0.4, -0.2) is 34.4 Å². The number of thioether (sulfide) groups is 1. The van der Waals surface area contributed by atoms with E-state index >= 15 is 0 Å². The third-order valence-corrected chi connectivity index (χ3v) is 5.28. The van der Waals surface area contributed by atoms with Crippen LogP contribution in [0.15, 0.2) is 65.4 Å². The molecule has 3 rings (SSSR count). The van der Waals surface area contributed by atoms with E-state index in [2.05, 4.69) is 23.6 Å². The van der Waals surface area contributed by atoms with E-state index in [1.807, 2.05) is 17.0 Å². The Hall–Kier alpha value is -2.80. The van der Waals surface area contributed by atoms with Gasteiger partial charge in [0, 0.05) is 18.0 Å². The van der Waals surface area contributed by atoms with Crippen LogP contribution >= 0.6 is 11.8 Å². The number of para-hydroxylation sites is 1. The summed E-state index contributed by atoms with van der Waals surface area (Å²) in [6, 6.07) is 7.18. The van der Waals surface area contributed by atoms with Crippen LogP contribution in [0.5, 0.6) is 0 Å². The van der Waals surface area contributed by atoms with E-state index < -0.39 is 0 Å². The van der Waals surface area contributed by atoms with Gasteiger partial charge in [-0.1, -0.05) is 37.4 Å². The minimum atomic E-state index is -0.281. The van der Waals surface area contributed by atoms with Gasteiger partial charge >= 0.3 is 0 Å². The minimum Gasteiger partial charge on any atom is -0.341 e. The van der Waals surface area contributed by atoms with Crippen molar-refractivity contribution in [1.29, 1.82) is 0 Å². The SMILES string of the molecule is C=C/C=C(\C=C)SCC(=O)Nn1c(N2CCCC2)nc2ccccc2c1=O. The van der Waals surface area contributed by atoms with E-state index in [0.717, 1.165) is 30.8 Å². The van der Waals surface area contributed by atoms with E-state index in [-0.39, 0.29) is 17.2 Å². The number of carbonyl (C=O) groups excluding carboxylic acids is 1. The monoisotopic (exact) mass is 382 g/mol. The van der Waals surface area contributed by atoms with E-state index in [4.69, 9.17) is 0 Å². The number of carbonyl (C=O) groups is 1. The van der Waals surface area contributed by atoms with Crippen LogP contribution < -0.4 is 15.9 Å². The summed E-state index contributed by atoms with van der Waals surface area (Å²) >= 11 is 1.33. The molecule has 0 spiro atoms. The Bertz CT molecular complexity index is 958. The molecule has 0 unspecified atom stereocenters. The third-order valence-electron chi connectivity index (χ3n) is 4.24. The molecule has 0 bridgehead atoms. The summed E-state index contributed by atoms with van der Waals surface area (Å²) < 4.78 is 1.28. The molecule has 1 aliphatic rings. The molecule has 7 heteroatoms. The molecule has 1 aromatic heterocycles. The smallest absolute Gasteiger partial charge is 0.281 e. The number of benzene rings is 1. The number of rotatable bonds is 7. The van der Waals surface area contributed by atoms with Gasteiger partial charge in [0.2, 0.25) is 11.9 Å². The fourth-order valence-corrected chi connectivity index (χ4v) is 3.62. The summed E-state index contributed by atoms with van der Waals surface area (Å²) in [7, 11) is 0. The molecular formula is C20H22N4O2S. The molecular weight excluding hydrogens is 360 g/mol. The van der Waals surface area contributed by atoms with E-state index in [1.165, 1.54) is 16.4 Å². The van der Waals surface area contributed by atoms with Gasteiger partial charge in [0.1, 0.15) is 0 Å². The first-order chi connectivity index (χ1) is 13.1. The second-order valence-corrected chi connectivity index (χ2v) is 7.14. The van der Waals surface area contributed by atoms with Crippen molar-refractivity contribution < 1.29 is 4.79 Å². The van der Waals surface area contributed by atoms with Gasteiger partial charge in [-0.25, -0.2) is 4.98 Å². The maximum absolute atomic E-state index is 13.0. The number of nitrogens with zero attached hydrogens (tertiary/aromatic N) is 3. The summed E-state index contributed by atoms with van der Waals surface area (Å²) in [4.78, 5) is 33.0. The topological polar surface area (TPSA) is 67.2 Å². The summed E-state index contributed by atoms with van der Waals surface area (Å²) in [6.45, 7) is 8.99. The zero-order valence-electron chi connectivity index (χ0n) is 15.1. The Labute approximate surface area is 162 Å². The zero-order chi connectivity index (χ0) is 19.2. The molecule has 1 amide bonds. The van der Waals surface area contributed by atoms with Gasteiger partial charge in [-0.05, 0) is 31.1 Å². The van der Waals surface area contributed by atoms with Crippen molar-refractivity contribution in [3.8, 4) is 0 Å². The van der Waals surface area contributed by atoms with Crippen LogP contribution in [0.2, 0.25) is 0 Å². The average molecular weight is 382 g/mol. The van der Waals surface area contributed by atoms with Crippen LogP contribution in [-0.2, 0) is 4.79 Å². The van der Waals surface area contributed by atoms with Gasteiger partial charge in [-0.3, -0.25) is 15.0 Å². The van der Waals surface area contributed by atoms with Crippen molar-refractivity contribution in [2.45, 2.75) is 12.8 Å². The number of allylic oxidation sites excluding steroid dienone is 3. The zero-order valence-corrected chi connectivity index (χ0v) is 15.9. The van der Waals surface area contributed by atoms with Crippen molar-refractivity contribution in [1.82, 2.24) is 9.66 Å². The van der Waals surface area contributed by atoms with Crippen LogP contribution in [0.25, 0.3) is 10.9 Å². The lowest BCUT2D eigenvalue weighted by Crippen LogP contribution is -2.39. The predicted octanol–water partition coefficient (Wildman–Crippen LogP) is 3.06. The van der Waals surface area contributed by atoms with E-state index in [0.29, 0.717) is 16.9 Å². The normalized spacial score (nSPS) is 14.4. The van der Waals surface area contributed by atoms with Crippen molar-refractivity contribution in [3.05, 3.63) is 70.9 Å². The fourth-order valence-electron chi connectivity index (χ4n) is 2.95. The highest BCUT2D eigenvalue weighted by Gasteiger charge is 2.21.